The lowest BCUT2D eigenvalue weighted by Gasteiger charge is -2.33. The van der Waals surface area contributed by atoms with Gasteiger partial charge in [0.2, 0.25) is 0 Å². The number of alkyl carbamates (subject to hydrolysis) is 1. The van der Waals surface area contributed by atoms with Gasteiger partial charge in [0.25, 0.3) is 0 Å². The molecule has 1 amide bonds. The number of hydrogen-bond donors (Lipinski definition) is 2. The van der Waals surface area contributed by atoms with E-state index in [1.54, 1.807) is 0 Å². The Bertz CT molecular complexity index is 340. The molecule has 5 heteroatoms. The molecule has 1 fully saturated rings. The predicted octanol–water partition coefficient (Wildman–Crippen LogP) is 3.62. The SMILES string of the molecule is CCCC(CNC(=O)OC(C)(C)C)NC1CCOC(CCC)C1. The molecule has 0 bridgehead atoms. The summed E-state index contributed by atoms with van der Waals surface area (Å²) in [4.78, 5) is 11.8. The number of amides is 1. The van der Waals surface area contributed by atoms with Crippen LogP contribution in [0.1, 0.15) is 73.1 Å². The first kappa shape index (κ1) is 20.2. The standard InChI is InChI=1S/C18H36N2O3/c1-6-8-15(13-19-17(21)23-18(3,4)5)20-14-10-11-22-16(12-14)9-7-2/h14-16,20H,6-13H2,1-5H3,(H,19,21). The Balaban J connectivity index is 2.40. The zero-order valence-electron chi connectivity index (χ0n) is 15.6. The molecule has 0 aromatic rings. The second kappa shape index (κ2) is 10.1. The van der Waals surface area contributed by atoms with Gasteiger partial charge in [0, 0.05) is 25.2 Å². The van der Waals surface area contributed by atoms with Gasteiger partial charge in [-0.25, -0.2) is 4.79 Å². The van der Waals surface area contributed by atoms with Crippen LogP contribution in [0, 0.1) is 0 Å². The van der Waals surface area contributed by atoms with Crippen LogP contribution in [-0.2, 0) is 9.47 Å². The second-order valence-corrected chi connectivity index (χ2v) is 7.54. The van der Waals surface area contributed by atoms with Gasteiger partial charge in [0.1, 0.15) is 5.60 Å². The maximum Gasteiger partial charge on any atom is 0.407 e. The van der Waals surface area contributed by atoms with E-state index in [1.807, 2.05) is 20.8 Å². The van der Waals surface area contributed by atoms with E-state index in [-0.39, 0.29) is 12.1 Å². The van der Waals surface area contributed by atoms with Crippen LogP contribution < -0.4 is 10.6 Å². The van der Waals surface area contributed by atoms with E-state index in [2.05, 4.69) is 24.5 Å². The Morgan fingerprint density at radius 2 is 2.04 bits per heavy atom. The molecule has 23 heavy (non-hydrogen) atoms. The van der Waals surface area contributed by atoms with Crippen molar-refractivity contribution in [1.82, 2.24) is 10.6 Å². The van der Waals surface area contributed by atoms with Crippen molar-refractivity contribution in [3.8, 4) is 0 Å². The molecule has 5 nitrogen and oxygen atoms in total. The number of rotatable bonds is 8. The Kier molecular flexibility index (Phi) is 8.92. The Hall–Kier alpha value is -0.810. The Morgan fingerprint density at radius 3 is 2.65 bits per heavy atom. The van der Waals surface area contributed by atoms with Crippen molar-refractivity contribution in [3.63, 3.8) is 0 Å². The van der Waals surface area contributed by atoms with E-state index in [0.717, 1.165) is 45.1 Å². The normalized spacial score (nSPS) is 23.3. The number of nitrogens with one attached hydrogen (secondary N) is 2. The van der Waals surface area contributed by atoms with Crippen LogP contribution in [0.25, 0.3) is 0 Å². The fourth-order valence-corrected chi connectivity index (χ4v) is 3.00. The average molecular weight is 328 g/mol. The van der Waals surface area contributed by atoms with Gasteiger partial charge in [-0.05, 0) is 46.5 Å². The maximum absolute atomic E-state index is 11.8. The molecule has 1 rings (SSSR count). The molecule has 0 aromatic heterocycles. The third-order valence-electron chi connectivity index (χ3n) is 3.98. The van der Waals surface area contributed by atoms with Gasteiger partial charge in [-0.2, -0.15) is 0 Å². The van der Waals surface area contributed by atoms with E-state index >= 15 is 0 Å². The molecule has 3 atom stereocenters. The molecule has 1 saturated heterocycles. The molecule has 136 valence electrons. The van der Waals surface area contributed by atoms with Crippen LogP contribution in [0.4, 0.5) is 4.79 Å². The second-order valence-electron chi connectivity index (χ2n) is 7.54. The number of carbonyl (C=O) groups excluding carboxylic acids is 1. The van der Waals surface area contributed by atoms with E-state index in [4.69, 9.17) is 9.47 Å². The summed E-state index contributed by atoms with van der Waals surface area (Å²) in [6.07, 6.45) is 6.60. The van der Waals surface area contributed by atoms with Crippen LogP contribution in [-0.4, -0.2) is 43.0 Å². The number of carbonyl (C=O) groups is 1. The molecule has 1 aliphatic rings. The maximum atomic E-state index is 11.8. The van der Waals surface area contributed by atoms with E-state index in [0.29, 0.717) is 18.7 Å². The molecule has 2 N–H and O–H groups in total. The summed E-state index contributed by atoms with van der Waals surface area (Å²) in [6.45, 7) is 11.5. The van der Waals surface area contributed by atoms with Crippen molar-refractivity contribution in [3.05, 3.63) is 0 Å². The van der Waals surface area contributed by atoms with Gasteiger partial charge in [-0.15, -0.1) is 0 Å². The average Bonchev–Trinajstić information content (AvgIpc) is 2.44. The smallest absolute Gasteiger partial charge is 0.407 e. The first-order valence-corrected chi connectivity index (χ1v) is 9.18. The van der Waals surface area contributed by atoms with Gasteiger partial charge >= 0.3 is 6.09 Å². The van der Waals surface area contributed by atoms with Crippen LogP contribution >= 0.6 is 0 Å². The highest BCUT2D eigenvalue weighted by Crippen LogP contribution is 2.18. The van der Waals surface area contributed by atoms with Crippen molar-refractivity contribution in [2.45, 2.75) is 96.9 Å². The highest BCUT2D eigenvalue weighted by molar-refractivity contribution is 5.67. The minimum Gasteiger partial charge on any atom is -0.444 e. The summed E-state index contributed by atoms with van der Waals surface area (Å²) in [7, 11) is 0. The summed E-state index contributed by atoms with van der Waals surface area (Å²) < 4.78 is 11.1. The van der Waals surface area contributed by atoms with Crippen molar-refractivity contribution in [2.75, 3.05) is 13.2 Å². The lowest BCUT2D eigenvalue weighted by Crippen LogP contribution is -2.49. The van der Waals surface area contributed by atoms with Gasteiger partial charge in [-0.3, -0.25) is 0 Å². The van der Waals surface area contributed by atoms with Crippen LogP contribution in [0.3, 0.4) is 0 Å². The van der Waals surface area contributed by atoms with Crippen molar-refractivity contribution < 1.29 is 14.3 Å². The van der Waals surface area contributed by atoms with Gasteiger partial charge in [0.15, 0.2) is 0 Å². The lowest BCUT2D eigenvalue weighted by atomic mass is 9.98. The highest BCUT2D eigenvalue weighted by Gasteiger charge is 2.24. The van der Waals surface area contributed by atoms with Crippen molar-refractivity contribution in [1.29, 1.82) is 0 Å². The quantitative estimate of drug-likeness (QED) is 0.714. The molecular formula is C18H36N2O3. The summed E-state index contributed by atoms with van der Waals surface area (Å²) in [6, 6.07) is 0.773. The largest absolute Gasteiger partial charge is 0.444 e. The van der Waals surface area contributed by atoms with Gasteiger partial charge in [-0.1, -0.05) is 26.7 Å². The van der Waals surface area contributed by atoms with Crippen LogP contribution in [0.2, 0.25) is 0 Å². The number of hydrogen-bond acceptors (Lipinski definition) is 4. The van der Waals surface area contributed by atoms with E-state index in [9.17, 15) is 4.79 Å². The van der Waals surface area contributed by atoms with Crippen LogP contribution in [0.5, 0.6) is 0 Å². The molecular weight excluding hydrogens is 292 g/mol. The zero-order valence-corrected chi connectivity index (χ0v) is 15.6. The molecule has 0 radical (unpaired) electrons. The molecule has 1 aliphatic heterocycles. The van der Waals surface area contributed by atoms with Gasteiger partial charge < -0.3 is 20.1 Å². The first-order valence-electron chi connectivity index (χ1n) is 9.18. The molecule has 0 aliphatic carbocycles. The first-order chi connectivity index (χ1) is 10.8. The number of ether oxygens (including phenoxy) is 2. The Labute approximate surface area is 141 Å². The molecule has 0 spiro atoms. The summed E-state index contributed by atoms with van der Waals surface area (Å²) in [5.74, 6) is 0. The summed E-state index contributed by atoms with van der Waals surface area (Å²) in [5.41, 5.74) is -0.453. The molecule has 0 saturated carbocycles. The fraction of sp³-hybridized carbons (Fsp3) is 0.944. The topological polar surface area (TPSA) is 59.6 Å². The van der Waals surface area contributed by atoms with Crippen LogP contribution in [0.15, 0.2) is 0 Å². The third kappa shape index (κ3) is 9.16. The van der Waals surface area contributed by atoms with Crippen molar-refractivity contribution in [2.24, 2.45) is 0 Å². The minimum atomic E-state index is -0.453. The summed E-state index contributed by atoms with van der Waals surface area (Å²) in [5, 5.41) is 6.61. The molecule has 0 aromatic carbocycles. The lowest BCUT2D eigenvalue weighted by molar-refractivity contribution is -0.00533. The Morgan fingerprint density at radius 1 is 1.30 bits per heavy atom. The predicted molar refractivity (Wildman–Crippen MR) is 93.7 cm³/mol. The van der Waals surface area contributed by atoms with Crippen molar-refractivity contribution >= 4 is 6.09 Å². The van der Waals surface area contributed by atoms with E-state index < -0.39 is 5.60 Å². The third-order valence-corrected chi connectivity index (χ3v) is 3.98. The summed E-state index contributed by atoms with van der Waals surface area (Å²) >= 11 is 0. The monoisotopic (exact) mass is 328 g/mol. The van der Waals surface area contributed by atoms with E-state index in [1.165, 1.54) is 0 Å². The molecule has 1 heterocycles. The molecule has 3 unspecified atom stereocenters. The zero-order chi connectivity index (χ0) is 17.3. The van der Waals surface area contributed by atoms with Gasteiger partial charge in [0.05, 0.1) is 6.10 Å². The fourth-order valence-electron chi connectivity index (χ4n) is 3.00. The minimum absolute atomic E-state index is 0.290. The highest BCUT2D eigenvalue weighted by atomic mass is 16.6.